The summed E-state index contributed by atoms with van der Waals surface area (Å²) in [7, 11) is 1.54. The van der Waals surface area contributed by atoms with Crippen LogP contribution in [0.2, 0.25) is 0 Å². The summed E-state index contributed by atoms with van der Waals surface area (Å²) in [5.74, 6) is 0.628. The molecule has 0 spiro atoms. The van der Waals surface area contributed by atoms with Crippen LogP contribution in [0.1, 0.15) is 45.0 Å². The predicted octanol–water partition coefficient (Wildman–Crippen LogP) is 5.87. The molecule has 1 N–H and O–H groups in total. The van der Waals surface area contributed by atoms with Crippen molar-refractivity contribution >= 4 is 44.5 Å². The van der Waals surface area contributed by atoms with Gasteiger partial charge in [-0.15, -0.1) is 0 Å². The average Bonchev–Trinajstić information content (AvgIpc) is 3.37. The van der Waals surface area contributed by atoms with Crippen LogP contribution in [0.15, 0.2) is 75.9 Å². The number of halogens is 1. The van der Waals surface area contributed by atoms with Gasteiger partial charge in [0.2, 0.25) is 0 Å². The Labute approximate surface area is 211 Å². The minimum Gasteiger partial charge on any atom is -0.496 e. The molecule has 0 unspecified atom stereocenters. The van der Waals surface area contributed by atoms with E-state index in [1.165, 1.54) is 5.56 Å². The SMILES string of the molecule is COc1ccc(Br)cc1C(=O)Nc1ccc(C2CCN(C(=O)c3cnc4ccoc4c3)CC2)cc1. The maximum Gasteiger partial charge on any atom is 0.259 e. The van der Waals surface area contributed by atoms with Crippen molar-refractivity contribution in [1.29, 1.82) is 0 Å². The molecule has 0 bridgehead atoms. The van der Waals surface area contributed by atoms with Crippen LogP contribution in [-0.4, -0.2) is 41.9 Å². The molecule has 5 rings (SSSR count). The van der Waals surface area contributed by atoms with E-state index >= 15 is 0 Å². The van der Waals surface area contributed by atoms with Gasteiger partial charge in [0.15, 0.2) is 5.58 Å². The topological polar surface area (TPSA) is 84.7 Å². The lowest BCUT2D eigenvalue weighted by Crippen LogP contribution is -2.37. The Morgan fingerprint density at radius 3 is 2.60 bits per heavy atom. The smallest absolute Gasteiger partial charge is 0.259 e. The van der Waals surface area contributed by atoms with Crippen molar-refractivity contribution < 1.29 is 18.7 Å². The Bertz CT molecular complexity index is 1370. The fourth-order valence-electron chi connectivity index (χ4n) is 4.46. The van der Waals surface area contributed by atoms with Crippen LogP contribution < -0.4 is 10.1 Å². The molecule has 7 nitrogen and oxygen atoms in total. The van der Waals surface area contributed by atoms with Crippen LogP contribution in [0.3, 0.4) is 0 Å². The Hall–Kier alpha value is -3.65. The number of hydrogen-bond donors (Lipinski definition) is 1. The number of ether oxygens (including phenoxy) is 1. The Balaban J connectivity index is 1.19. The molecule has 3 heterocycles. The molecule has 8 heteroatoms. The number of aromatic nitrogens is 1. The normalized spacial score (nSPS) is 14.2. The minimum atomic E-state index is -0.232. The van der Waals surface area contributed by atoms with Crippen molar-refractivity contribution in [1.82, 2.24) is 9.88 Å². The van der Waals surface area contributed by atoms with Gasteiger partial charge in [0.25, 0.3) is 11.8 Å². The van der Waals surface area contributed by atoms with E-state index in [2.05, 4.69) is 26.2 Å². The molecule has 2 aromatic carbocycles. The molecule has 0 saturated carbocycles. The molecule has 35 heavy (non-hydrogen) atoms. The molecule has 178 valence electrons. The quantitative estimate of drug-likeness (QED) is 0.346. The Morgan fingerprint density at radius 1 is 1.09 bits per heavy atom. The number of rotatable bonds is 5. The van der Waals surface area contributed by atoms with E-state index in [1.807, 2.05) is 35.2 Å². The fourth-order valence-corrected chi connectivity index (χ4v) is 4.82. The third kappa shape index (κ3) is 4.93. The first kappa shape index (κ1) is 23.1. The molecular weight excluding hydrogens is 510 g/mol. The first-order valence-corrected chi connectivity index (χ1v) is 12.2. The number of furan rings is 1. The highest BCUT2D eigenvalue weighted by atomic mass is 79.9. The summed E-state index contributed by atoms with van der Waals surface area (Å²) in [6, 6.07) is 16.8. The van der Waals surface area contributed by atoms with Gasteiger partial charge in [0, 0.05) is 35.5 Å². The molecule has 1 aliphatic heterocycles. The summed E-state index contributed by atoms with van der Waals surface area (Å²) < 4.78 is 11.5. The zero-order valence-corrected chi connectivity index (χ0v) is 20.7. The van der Waals surface area contributed by atoms with Crippen molar-refractivity contribution in [2.24, 2.45) is 0 Å². The molecule has 0 atom stereocenters. The van der Waals surface area contributed by atoms with Crippen LogP contribution in [-0.2, 0) is 0 Å². The van der Waals surface area contributed by atoms with Gasteiger partial charge in [0.05, 0.1) is 24.5 Å². The molecule has 1 fully saturated rings. The molecule has 4 aromatic rings. The first-order chi connectivity index (χ1) is 17.0. The number of piperidine rings is 1. The van der Waals surface area contributed by atoms with Gasteiger partial charge >= 0.3 is 0 Å². The number of likely N-dealkylation sites (tertiary alicyclic amines) is 1. The summed E-state index contributed by atoms with van der Waals surface area (Å²) in [4.78, 5) is 31.9. The summed E-state index contributed by atoms with van der Waals surface area (Å²) in [5, 5.41) is 2.93. The standard InChI is InChI=1S/C27H24BrN3O4/c1-34-24-7-4-20(28)15-22(24)26(32)30-21-5-2-17(3-6-21)18-8-11-31(12-9-18)27(33)19-14-25-23(29-16-19)10-13-35-25/h2-7,10,13-16,18H,8-9,11-12H2,1H3,(H,30,32). The van der Waals surface area contributed by atoms with Gasteiger partial charge in [0.1, 0.15) is 11.3 Å². The van der Waals surface area contributed by atoms with Crippen molar-refractivity contribution in [3.8, 4) is 5.75 Å². The third-order valence-corrected chi connectivity index (χ3v) is 6.87. The maximum absolute atomic E-state index is 12.9. The number of anilines is 1. The second-order valence-electron chi connectivity index (χ2n) is 8.52. The van der Waals surface area contributed by atoms with E-state index in [-0.39, 0.29) is 11.8 Å². The van der Waals surface area contributed by atoms with Crippen LogP contribution in [0, 0.1) is 0 Å². The highest BCUT2D eigenvalue weighted by Gasteiger charge is 2.25. The number of carbonyl (C=O) groups excluding carboxylic acids is 2. The van der Waals surface area contributed by atoms with Crippen LogP contribution in [0.5, 0.6) is 5.75 Å². The lowest BCUT2D eigenvalue weighted by Gasteiger charge is -2.32. The van der Waals surface area contributed by atoms with Crippen molar-refractivity contribution in [2.75, 3.05) is 25.5 Å². The van der Waals surface area contributed by atoms with Crippen molar-refractivity contribution in [2.45, 2.75) is 18.8 Å². The number of methoxy groups -OCH3 is 1. The first-order valence-electron chi connectivity index (χ1n) is 11.4. The maximum atomic E-state index is 12.9. The molecular formula is C27H24BrN3O4. The summed E-state index contributed by atoms with van der Waals surface area (Å²) in [6.45, 7) is 1.36. The summed E-state index contributed by atoms with van der Waals surface area (Å²) in [5.41, 5.74) is 4.30. The predicted molar refractivity (Wildman–Crippen MR) is 137 cm³/mol. The number of nitrogens with zero attached hydrogens (tertiary/aromatic N) is 2. The van der Waals surface area contributed by atoms with Crippen LogP contribution in [0.4, 0.5) is 5.69 Å². The Kier molecular flexibility index (Phi) is 6.55. The van der Waals surface area contributed by atoms with E-state index in [4.69, 9.17) is 9.15 Å². The van der Waals surface area contributed by atoms with Gasteiger partial charge in [-0.05, 0) is 60.7 Å². The van der Waals surface area contributed by atoms with E-state index in [0.29, 0.717) is 47.2 Å². The zero-order valence-electron chi connectivity index (χ0n) is 19.2. The molecule has 2 amide bonds. The van der Waals surface area contributed by atoms with Crippen LogP contribution in [0.25, 0.3) is 11.1 Å². The molecule has 0 radical (unpaired) electrons. The van der Waals surface area contributed by atoms with Gasteiger partial charge in [-0.3, -0.25) is 14.6 Å². The number of amides is 2. The average molecular weight is 534 g/mol. The van der Waals surface area contributed by atoms with E-state index < -0.39 is 0 Å². The van der Waals surface area contributed by atoms with Gasteiger partial charge in [-0.1, -0.05) is 28.1 Å². The number of fused-ring (bicyclic) bond motifs is 1. The highest BCUT2D eigenvalue weighted by molar-refractivity contribution is 9.10. The van der Waals surface area contributed by atoms with Gasteiger partial charge < -0.3 is 19.4 Å². The molecule has 1 saturated heterocycles. The monoisotopic (exact) mass is 533 g/mol. The number of benzene rings is 2. The van der Waals surface area contributed by atoms with E-state index in [0.717, 1.165) is 22.8 Å². The minimum absolute atomic E-state index is 0.0183. The summed E-state index contributed by atoms with van der Waals surface area (Å²) >= 11 is 3.40. The second kappa shape index (κ2) is 9.92. The number of nitrogens with one attached hydrogen (secondary N) is 1. The molecule has 0 aliphatic carbocycles. The van der Waals surface area contributed by atoms with Crippen molar-refractivity contribution in [3.05, 3.63) is 88.2 Å². The van der Waals surface area contributed by atoms with Gasteiger partial charge in [-0.25, -0.2) is 0 Å². The molecule has 2 aromatic heterocycles. The van der Waals surface area contributed by atoms with Gasteiger partial charge in [-0.2, -0.15) is 0 Å². The lowest BCUT2D eigenvalue weighted by atomic mass is 9.89. The van der Waals surface area contributed by atoms with E-state index in [1.54, 1.807) is 43.8 Å². The molecule has 1 aliphatic rings. The number of carbonyl (C=O) groups is 2. The number of hydrogen-bond acceptors (Lipinski definition) is 5. The lowest BCUT2D eigenvalue weighted by molar-refractivity contribution is 0.0712. The summed E-state index contributed by atoms with van der Waals surface area (Å²) in [6.07, 6.45) is 4.95. The van der Waals surface area contributed by atoms with E-state index in [9.17, 15) is 9.59 Å². The Morgan fingerprint density at radius 2 is 1.86 bits per heavy atom. The van der Waals surface area contributed by atoms with Crippen molar-refractivity contribution in [3.63, 3.8) is 0 Å². The second-order valence-corrected chi connectivity index (χ2v) is 9.43. The van der Waals surface area contributed by atoms with Crippen LogP contribution >= 0.6 is 15.9 Å². The number of pyridine rings is 1. The third-order valence-electron chi connectivity index (χ3n) is 6.38. The highest BCUT2D eigenvalue weighted by Crippen LogP contribution is 2.30. The fraction of sp³-hybridized carbons (Fsp3) is 0.222. The largest absolute Gasteiger partial charge is 0.496 e. The zero-order chi connectivity index (χ0) is 24.4.